The number of benzene rings is 2. The van der Waals surface area contributed by atoms with Crippen LogP contribution in [0.5, 0.6) is 5.75 Å². The molecule has 0 radical (unpaired) electrons. The number of nitrogens with zero attached hydrogens (tertiary/aromatic N) is 1. The molecule has 0 aliphatic carbocycles. The van der Waals surface area contributed by atoms with Crippen LogP contribution < -0.4 is 10.5 Å². The summed E-state index contributed by atoms with van der Waals surface area (Å²) in [6.45, 7) is 5.58. The molecule has 1 fully saturated rings. The quantitative estimate of drug-likeness (QED) is 0.754. The number of carbonyl (C=O) groups excluding carboxylic acids is 1. The highest BCUT2D eigenvalue weighted by atomic mass is 19.1. The van der Waals surface area contributed by atoms with E-state index in [1.165, 1.54) is 11.0 Å². The Balaban J connectivity index is 1.82. The van der Waals surface area contributed by atoms with E-state index in [1.54, 1.807) is 42.5 Å². The van der Waals surface area contributed by atoms with E-state index in [9.17, 15) is 19.1 Å². The minimum Gasteiger partial charge on any atom is -0.489 e. The van der Waals surface area contributed by atoms with Gasteiger partial charge in [-0.3, -0.25) is 9.69 Å². The number of carboxylic acid groups (broad SMARTS) is 1. The smallest absolute Gasteiger partial charge is 0.408 e. The Hall–Kier alpha value is -3.09. The summed E-state index contributed by atoms with van der Waals surface area (Å²) in [7, 11) is 0. The summed E-state index contributed by atoms with van der Waals surface area (Å²) in [5.74, 6) is -0.425. The first-order chi connectivity index (χ1) is 14.1. The van der Waals surface area contributed by atoms with Crippen molar-refractivity contribution >= 4 is 12.0 Å². The van der Waals surface area contributed by atoms with Gasteiger partial charge in [0.25, 0.3) is 0 Å². The van der Waals surface area contributed by atoms with Gasteiger partial charge < -0.3 is 15.6 Å². The predicted molar refractivity (Wildman–Crippen MR) is 110 cm³/mol. The van der Waals surface area contributed by atoms with Crippen LogP contribution in [-0.4, -0.2) is 27.5 Å². The molecule has 2 atom stereocenters. The molecule has 1 saturated heterocycles. The fourth-order valence-electron chi connectivity index (χ4n) is 4.38. The average Bonchev–Trinajstić information content (AvgIpc) is 3.10. The Morgan fingerprint density at radius 1 is 1.20 bits per heavy atom. The summed E-state index contributed by atoms with van der Waals surface area (Å²) >= 11 is 0. The van der Waals surface area contributed by atoms with Gasteiger partial charge in [0.05, 0.1) is 6.04 Å². The van der Waals surface area contributed by atoms with Crippen LogP contribution in [0.1, 0.15) is 50.8 Å². The minimum absolute atomic E-state index is 0.0888. The van der Waals surface area contributed by atoms with Gasteiger partial charge in [-0.1, -0.05) is 51.1 Å². The number of ether oxygens (including phenoxy) is 1. The first kappa shape index (κ1) is 21.6. The monoisotopic (exact) mass is 414 g/mol. The van der Waals surface area contributed by atoms with Crippen LogP contribution in [0, 0.1) is 11.2 Å². The number of halogens is 1. The predicted octanol–water partition coefficient (Wildman–Crippen LogP) is 4.49. The molecule has 0 spiro atoms. The number of rotatable bonds is 5. The third-order valence-electron chi connectivity index (χ3n) is 5.97. The number of nitrogens with two attached hydrogens (primary N) is 1. The maximum Gasteiger partial charge on any atom is 0.408 e. The number of hydrogen-bond donors (Lipinski definition) is 2. The molecular formula is C23H27FN2O4. The molecule has 7 heteroatoms. The zero-order chi connectivity index (χ0) is 22.1. The zero-order valence-electron chi connectivity index (χ0n) is 17.4. The standard InChI is InChI=1S/C23H27FN2O4/c1-22(2,3)23(20(25)27)13-12-19(26(23)21(28)29)15-8-10-17(11-9-15)30-14-16-6-4-5-7-18(16)24/h4-11,19H,12-14H2,1-3H3,(H2,25,27)(H,28,29)/t19-,23-/m1/s1. The van der Waals surface area contributed by atoms with Crippen molar-refractivity contribution < 1.29 is 23.8 Å². The van der Waals surface area contributed by atoms with Crippen LogP contribution in [0.15, 0.2) is 48.5 Å². The Morgan fingerprint density at radius 2 is 1.83 bits per heavy atom. The third-order valence-corrected chi connectivity index (χ3v) is 5.97. The molecule has 0 aromatic heterocycles. The molecule has 1 heterocycles. The Morgan fingerprint density at radius 3 is 2.37 bits per heavy atom. The molecule has 3 rings (SSSR count). The normalized spacial score (nSPS) is 21.5. The number of likely N-dealkylation sites (tertiary alicyclic amines) is 1. The van der Waals surface area contributed by atoms with Crippen LogP contribution in [0.2, 0.25) is 0 Å². The van der Waals surface area contributed by atoms with Crippen molar-refractivity contribution in [3.63, 3.8) is 0 Å². The lowest BCUT2D eigenvalue weighted by Gasteiger charge is -2.45. The summed E-state index contributed by atoms with van der Waals surface area (Å²) < 4.78 is 19.4. The van der Waals surface area contributed by atoms with Gasteiger partial charge in [-0.25, -0.2) is 9.18 Å². The molecule has 1 aliphatic heterocycles. The topological polar surface area (TPSA) is 92.9 Å². The van der Waals surface area contributed by atoms with Crippen molar-refractivity contribution in [3.05, 3.63) is 65.5 Å². The second-order valence-corrected chi connectivity index (χ2v) is 8.63. The van der Waals surface area contributed by atoms with Gasteiger partial charge in [-0.15, -0.1) is 0 Å². The van der Waals surface area contributed by atoms with E-state index in [2.05, 4.69) is 0 Å². The lowest BCUT2D eigenvalue weighted by molar-refractivity contribution is -0.135. The third kappa shape index (κ3) is 3.72. The molecule has 2 aromatic carbocycles. The molecule has 3 N–H and O–H groups in total. The first-order valence-corrected chi connectivity index (χ1v) is 9.86. The lowest BCUT2D eigenvalue weighted by atomic mass is 9.71. The fraction of sp³-hybridized carbons (Fsp3) is 0.391. The summed E-state index contributed by atoms with van der Waals surface area (Å²) in [6, 6.07) is 12.9. The summed E-state index contributed by atoms with van der Waals surface area (Å²) in [5.41, 5.74) is 4.98. The van der Waals surface area contributed by atoms with Gasteiger partial charge in [0, 0.05) is 5.56 Å². The zero-order valence-corrected chi connectivity index (χ0v) is 17.4. The number of hydrogen-bond acceptors (Lipinski definition) is 3. The average molecular weight is 414 g/mol. The van der Waals surface area contributed by atoms with Gasteiger partial charge >= 0.3 is 6.09 Å². The number of carbonyl (C=O) groups is 2. The van der Waals surface area contributed by atoms with Crippen molar-refractivity contribution in [2.45, 2.75) is 51.8 Å². The summed E-state index contributed by atoms with van der Waals surface area (Å²) in [4.78, 5) is 25.8. The second kappa shape index (κ2) is 7.97. The van der Waals surface area contributed by atoms with Crippen molar-refractivity contribution in [1.29, 1.82) is 0 Å². The minimum atomic E-state index is -1.29. The Labute approximate surface area is 175 Å². The van der Waals surface area contributed by atoms with Gasteiger partial charge in [-0.2, -0.15) is 0 Å². The van der Waals surface area contributed by atoms with E-state index in [4.69, 9.17) is 10.5 Å². The SMILES string of the molecule is CC(C)(C)[C@]1(C(N)=O)CC[C@H](c2ccc(OCc3ccccc3F)cc2)N1C(=O)O. The van der Waals surface area contributed by atoms with E-state index < -0.39 is 29.0 Å². The van der Waals surface area contributed by atoms with Crippen LogP contribution in [-0.2, 0) is 11.4 Å². The van der Waals surface area contributed by atoms with Crippen LogP contribution in [0.25, 0.3) is 0 Å². The van der Waals surface area contributed by atoms with Gasteiger partial charge in [0.1, 0.15) is 23.7 Å². The van der Waals surface area contributed by atoms with Gasteiger partial charge in [-0.05, 0) is 42.0 Å². The number of amides is 2. The van der Waals surface area contributed by atoms with E-state index in [0.29, 0.717) is 24.2 Å². The van der Waals surface area contributed by atoms with Crippen molar-refractivity contribution in [2.75, 3.05) is 0 Å². The Bertz CT molecular complexity index is 939. The molecule has 0 bridgehead atoms. The Kier molecular flexibility index (Phi) is 5.74. The first-order valence-electron chi connectivity index (χ1n) is 9.86. The number of primary amides is 1. The van der Waals surface area contributed by atoms with Crippen LogP contribution >= 0.6 is 0 Å². The second-order valence-electron chi connectivity index (χ2n) is 8.63. The lowest BCUT2D eigenvalue weighted by Crippen LogP contribution is -2.63. The molecule has 1 aliphatic rings. The van der Waals surface area contributed by atoms with Crippen molar-refractivity contribution in [1.82, 2.24) is 4.90 Å². The maximum absolute atomic E-state index is 13.7. The van der Waals surface area contributed by atoms with Gasteiger partial charge in [0.2, 0.25) is 5.91 Å². The summed E-state index contributed by atoms with van der Waals surface area (Å²) in [6.07, 6.45) is -0.331. The molecule has 2 aromatic rings. The molecular weight excluding hydrogens is 387 g/mol. The molecule has 2 amide bonds. The molecule has 6 nitrogen and oxygen atoms in total. The van der Waals surface area contributed by atoms with Gasteiger partial charge in [0.15, 0.2) is 0 Å². The molecule has 30 heavy (non-hydrogen) atoms. The highest BCUT2D eigenvalue weighted by Crippen LogP contribution is 2.51. The maximum atomic E-state index is 13.7. The summed E-state index contributed by atoms with van der Waals surface area (Å²) in [5, 5.41) is 9.94. The van der Waals surface area contributed by atoms with Crippen molar-refractivity contribution in [2.24, 2.45) is 11.1 Å². The van der Waals surface area contributed by atoms with E-state index >= 15 is 0 Å². The van der Waals surface area contributed by atoms with E-state index in [0.717, 1.165) is 5.56 Å². The molecule has 160 valence electrons. The highest BCUT2D eigenvalue weighted by molar-refractivity contribution is 5.90. The fourth-order valence-corrected chi connectivity index (χ4v) is 4.38. The van der Waals surface area contributed by atoms with Crippen molar-refractivity contribution in [3.8, 4) is 5.75 Å². The van der Waals surface area contributed by atoms with Crippen LogP contribution in [0.4, 0.5) is 9.18 Å². The highest BCUT2D eigenvalue weighted by Gasteiger charge is 2.59. The molecule has 0 saturated carbocycles. The van der Waals surface area contributed by atoms with E-state index in [1.807, 2.05) is 20.8 Å². The van der Waals surface area contributed by atoms with Crippen LogP contribution in [0.3, 0.4) is 0 Å². The largest absolute Gasteiger partial charge is 0.489 e. The molecule has 0 unspecified atom stereocenters. The van der Waals surface area contributed by atoms with E-state index in [-0.39, 0.29) is 12.4 Å².